The third-order valence-corrected chi connectivity index (χ3v) is 8.20. The van der Waals surface area contributed by atoms with Gasteiger partial charge in [0.15, 0.2) is 0 Å². The highest BCUT2D eigenvalue weighted by atomic mass is 32.1. The minimum absolute atomic E-state index is 0.773. The maximum atomic E-state index is 4.79. The van der Waals surface area contributed by atoms with E-state index >= 15 is 0 Å². The second kappa shape index (κ2) is 6.69. The lowest BCUT2D eigenvalue weighted by molar-refractivity contribution is 0.956. The Morgan fingerprint density at radius 1 is 0.735 bits per heavy atom. The number of benzene rings is 5. The Balaban J connectivity index is 1.76. The van der Waals surface area contributed by atoms with Crippen LogP contribution in [-0.4, -0.2) is 17.1 Å². The minimum Gasteiger partial charge on any atom is -0.352 e. The van der Waals surface area contributed by atoms with Crippen molar-refractivity contribution < 1.29 is 0 Å². The van der Waals surface area contributed by atoms with Crippen LogP contribution in [0.3, 0.4) is 0 Å². The molecule has 5 aromatic carbocycles. The van der Waals surface area contributed by atoms with E-state index in [0.717, 1.165) is 12.5 Å². The fourth-order valence-electron chi connectivity index (χ4n) is 5.58. The van der Waals surface area contributed by atoms with Crippen molar-refractivity contribution in [3.8, 4) is 0 Å². The average molecular weight is 454 g/mol. The number of rotatable bonds is 0. The Morgan fingerprint density at radius 2 is 1.47 bits per heavy atom. The molecule has 0 fully saturated rings. The lowest BCUT2D eigenvalue weighted by Crippen LogP contribution is -2.31. The van der Waals surface area contributed by atoms with Crippen molar-refractivity contribution >= 4 is 80.8 Å². The summed E-state index contributed by atoms with van der Waals surface area (Å²) in [5.74, 6) is 0.879. The van der Waals surface area contributed by atoms with Crippen molar-refractivity contribution in [1.29, 1.82) is 0 Å². The first-order valence-corrected chi connectivity index (χ1v) is 12.4. The molecule has 8 rings (SSSR count). The number of fused-ring (bicyclic) bond motifs is 11. The molecule has 7 aromatic rings. The summed E-state index contributed by atoms with van der Waals surface area (Å²) >= 11 is 1.89. The smallest absolute Gasteiger partial charge is 0.208 e. The summed E-state index contributed by atoms with van der Waals surface area (Å²) in [5, 5.41) is 13.8. The second-order valence-corrected chi connectivity index (χ2v) is 9.89. The average Bonchev–Trinajstić information content (AvgIpc) is 3.44. The van der Waals surface area contributed by atoms with E-state index < -0.39 is 0 Å². The first kappa shape index (κ1) is 18.3. The van der Waals surface area contributed by atoms with Crippen molar-refractivity contribution in [1.82, 2.24) is 9.88 Å². The van der Waals surface area contributed by atoms with Gasteiger partial charge in [0.25, 0.3) is 0 Å². The fourth-order valence-corrected chi connectivity index (χ4v) is 6.82. The lowest BCUT2D eigenvalue weighted by atomic mass is 9.99. The summed E-state index contributed by atoms with van der Waals surface area (Å²) in [6.07, 6.45) is 3.96. The molecule has 0 aliphatic carbocycles. The van der Waals surface area contributed by atoms with E-state index in [1.54, 1.807) is 0 Å². The first-order valence-electron chi connectivity index (χ1n) is 11.5. The second-order valence-electron chi connectivity index (χ2n) is 8.84. The van der Waals surface area contributed by atoms with E-state index in [1.165, 1.54) is 63.5 Å². The Bertz CT molecular complexity index is 2020. The van der Waals surface area contributed by atoms with Gasteiger partial charge in [0.1, 0.15) is 0 Å². The first-order chi connectivity index (χ1) is 16.9. The van der Waals surface area contributed by atoms with E-state index in [0.29, 0.717) is 0 Å². The summed E-state index contributed by atoms with van der Waals surface area (Å²) in [6.45, 7) is 0.773. The molecule has 160 valence electrons. The van der Waals surface area contributed by atoms with Crippen molar-refractivity contribution in [2.24, 2.45) is 4.99 Å². The summed E-state index contributed by atoms with van der Waals surface area (Å²) in [7, 11) is 0. The predicted octanol–water partition coefficient (Wildman–Crippen LogP) is 7.79. The van der Waals surface area contributed by atoms with Crippen molar-refractivity contribution in [2.75, 3.05) is 6.54 Å². The molecule has 0 spiro atoms. The Kier molecular flexibility index (Phi) is 3.60. The highest BCUT2D eigenvalue weighted by Crippen LogP contribution is 2.47. The van der Waals surface area contributed by atoms with Crippen molar-refractivity contribution in [3.63, 3.8) is 0 Å². The van der Waals surface area contributed by atoms with E-state index in [9.17, 15) is 0 Å². The van der Waals surface area contributed by atoms with Crippen LogP contribution in [-0.2, 0) is 0 Å². The zero-order valence-electron chi connectivity index (χ0n) is 18.2. The molecule has 0 saturated heterocycles. The van der Waals surface area contributed by atoms with Crippen LogP contribution in [0.5, 0.6) is 0 Å². The number of aliphatic imine (C=N–C) groups is 1. The molecule has 0 unspecified atom stereocenters. The Labute approximate surface area is 199 Å². The summed E-state index contributed by atoms with van der Waals surface area (Å²) in [5.41, 5.74) is 2.42. The molecule has 0 bridgehead atoms. The molecule has 2 aromatic heterocycles. The standard InChI is InChI=1S/C30H19N3S/c1-2-9-19-17-24-23(16-18(19)8-1)26-20-10-3-4-11-21(20)29-27(22-12-5-6-13-25(22)34-29)28(26)33(24)30-31-14-7-15-32-30/h1-14,16-17H,15H2,(H,31,32). The van der Waals surface area contributed by atoms with Gasteiger partial charge in [0.2, 0.25) is 5.96 Å². The molecule has 1 aliphatic rings. The van der Waals surface area contributed by atoms with Crippen LogP contribution in [0.1, 0.15) is 0 Å². The van der Waals surface area contributed by atoms with Crippen LogP contribution < -0.4 is 5.32 Å². The maximum absolute atomic E-state index is 4.79. The van der Waals surface area contributed by atoms with Crippen molar-refractivity contribution in [2.45, 2.75) is 0 Å². The molecule has 1 aliphatic heterocycles. The third kappa shape index (κ3) is 2.33. The summed E-state index contributed by atoms with van der Waals surface area (Å²) in [6, 6.07) is 31.0. The molecule has 0 amide bonds. The van der Waals surface area contributed by atoms with Crippen LogP contribution in [0.2, 0.25) is 0 Å². The van der Waals surface area contributed by atoms with Crippen LogP contribution in [0, 0.1) is 0 Å². The van der Waals surface area contributed by atoms with Crippen LogP contribution in [0.15, 0.2) is 102 Å². The monoisotopic (exact) mass is 453 g/mol. The normalized spacial score (nSPS) is 14.1. The minimum atomic E-state index is 0.773. The SMILES string of the molecule is C1=CN=C(n2c3cc4ccccc4cc3c3c4ccccc4c4sc5ccccc5c4c32)NC1. The molecule has 0 atom stereocenters. The number of thiophene rings is 1. The van der Waals surface area contributed by atoms with E-state index in [-0.39, 0.29) is 0 Å². The van der Waals surface area contributed by atoms with Gasteiger partial charge in [-0.3, -0.25) is 4.57 Å². The Morgan fingerprint density at radius 3 is 2.29 bits per heavy atom. The summed E-state index contributed by atoms with van der Waals surface area (Å²) < 4.78 is 5.01. The van der Waals surface area contributed by atoms with Gasteiger partial charge in [-0.15, -0.1) is 11.3 Å². The highest BCUT2D eigenvalue weighted by Gasteiger charge is 2.23. The van der Waals surface area contributed by atoms with Crippen LogP contribution in [0.25, 0.3) is 63.5 Å². The zero-order chi connectivity index (χ0) is 22.2. The topological polar surface area (TPSA) is 29.3 Å². The quantitative estimate of drug-likeness (QED) is 0.249. The summed E-state index contributed by atoms with van der Waals surface area (Å²) in [4.78, 5) is 4.79. The van der Waals surface area contributed by atoms with E-state index in [2.05, 4.69) is 101 Å². The molecule has 1 N–H and O–H groups in total. The van der Waals surface area contributed by atoms with E-state index in [1.807, 2.05) is 17.5 Å². The fraction of sp³-hybridized carbons (Fsp3) is 0.0333. The number of hydrogen-bond acceptors (Lipinski definition) is 3. The molecule has 3 heterocycles. The van der Waals surface area contributed by atoms with Gasteiger partial charge in [0.05, 0.1) is 11.0 Å². The molecule has 3 nitrogen and oxygen atoms in total. The molecule has 4 heteroatoms. The van der Waals surface area contributed by atoms with Crippen LogP contribution in [0.4, 0.5) is 0 Å². The number of aromatic nitrogens is 1. The molecule has 0 radical (unpaired) electrons. The van der Waals surface area contributed by atoms with Gasteiger partial charge < -0.3 is 5.32 Å². The van der Waals surface area contributed by atoms with Gasteiger partial charge in [-0.05, 0) is 40.4 Å². The molecular formula is C30H19N3S. The van der Waals surface area contributed by atoms with Gasteiger partial charge >= 0.3 is 0 Å². The van der Waals surface area contributed by atoms with Gasteiger partial charge in [0, 0.05) is 49.1 Å². The van der Waals surface area contributed by atoms with Crippen molar-refractivity contribution in [3.05, 3.63) is 97.2 Å². The maximum Gasteiger partial charge on any atom is 0.208 e. The van der Waals surface area contributed by atoms with Crippen LogP contribution >= 0.6 is 11.3 Å². The Hall–Kier alpha value is -4.15. The number of hydrogen-bond donors (Lipinski definition) is 1. The number of nitrogens with zero attached hydrogens (tertiary/aromatic N) is 2. The number of nitrogens with one attached hydrogen (secondary N) is 1. The van der Waals surface area contributed by atoms with Gasteiger partial charge in [-0.1, -0.05) is 66.7 Å². The largest absolute Gasteiger partial charge is 0.352 e. The molecule has 0 saturated carbocycles. The highest BCUT2D eigenvalue weighted by molar-refractivity contribution is 7.27. The lowest BCUT2D eigenvalue weighted by Gasteiger charge is -2.15. The van der Waals surface area contributed by atoms with E-state index in [4.69, 9.17) is 4.99 Å². The predicted molar refractivity (Wildman–Crippen MR) is 147 cm³/mol. The third-order valence-electron chi connectivity index (χ3n) is 7.00. The van der Waals surface area contributed by atoms with Gasteiger partial charge in [-0.25, -0.2) is 4.99 Å². The molecular weight excluding hydrogens is 434 g/mol. The van der Waals surface area contributed by atoms with Gasteiger partial charge in [-0.2, -0.15) is 0 Å². The zero-order valence-corrected chi connectivity index (χ0v) is 19.1. The molecule has 34 heavy (non-hydrogen) atoms.